The Morgan fingerprint density at radius 1 is 0.735 bits per heavy atom. The van der Waals surface area contributed by atoms with Gasteiger partial charge in [0.15, 0.2) is 0 Å². The highest BCUT2D eigenvalue weighted by Gasteiger charge is 2.50. The minimum absolute atomic E-state index is 0.175. The number of hydrogen-bond acceptors (Lipinski definition) is 4. The molecule has 4 nitrogen and oxygen atoms in total. The minimum atomic E-state index is -5.02. The molecule has 0 aromatic carbocycles. The quantitative estimate of drug-likeness (QED) is 0.315. The second-order valence-corrected chi connectivity index (χ2v) is 9.78. The van der Waals surface area contributed by atoms with Crippen molar-refractivity contribution in [3.05, 3.63) is 0 Å². The zero-order valence-corrected chi connectivity index (χ0v) is 18.7. The summed E-state index contributed by atoms with van der Waals surface area (Å²) >= 11 is 0. The summed E-state index contributed by atoms with van der Waals surface area (Å²) in [6, 6.07) is 0. The minimum Gasteiger partial charge on any atom is -0.462 e. The number of rotatable bonds is 6. The van der Waals surface area contributed by atoms with Crippen LogP contribution >= 0.6 is 0 Å². The molecule has 0 radical (unpaired) electrons. The Morgan fingerprint density at radius 3 is 1.82 bits per heavy atom. The van der Waals surface area contributed by atoms with E-state index in [0.29, 0.717) is 18.8 Å². The van der Waals surface area contributed by atoms with Crippen LogP contribution in [0.3, 0.4) is 0 Å². The summed E-state index contributed by atoms with van der Waals surface area (Å²) < 4.78 is 123. The lowest BCUT2D eigenvalue weighted by Crippen LogP contribution is -2.48. The maximum absolute atomic E-state index is 14.7. The first-order valence-electron chi connectivity index (χ1n) is 11.7. The second kappa shape index (κ2) is 10.8. The summed E-state index contributed by atoms with van der Waals surface area (Å²) in [5, 5.41) is 0. The van der Waals surface area contributed by atoms with Crippen LogP contribution in [0.4, 0.5) is 35.1 Å². The number of esters is 1. The molecule has 3 aliphatic rings. The SMILES string of the molecule is CC1CCC(C(F)(F)OC2CC(F)C(C(=O)OC3CCC(OC(F)(F)F)C(F)C3)C(F)C2)CC1. The summed E-state index contributed by atoms with van der Waals surface area (Å²) in [6.45, 7) is 1.96. The number of halogens is 8. The first kappa shape index (κ1) is 27.4. The van der Waals surface area contributed by atoms with Crippen LogP contribution < -0.4 is 0 Å². The fourth-order valence-electron chi connectivity index (χ4n) is 5.13. The topological polar surface area (TPSA) is 44.8 Å². The first-order chi connectivity index (χ1) is 15.7. The lowest BCUT2D eigenvalue weighted by Gasteiger charge is -2.38. The summed E-state index contributed by atoms with van der Waals surface area (Å²) in [5.41, 5.74) is 0. The average molecular weight is 510 g/mol. The van der Waals surface area contributed by atoms with Gasteiger partial charge in [-0.1, -0.05) is 19.8 Å². The van der Waals surface area contributed by atoms with E-state index in [1.165, 1.54) is 0 Å². The molecule has 0 aromatic rings. The molecule has 198 valence electrons. The number of hydrogen-bond donors (Lipinski definition) is 0. The Bertz CT molecular complexity index is 670. The molecule has 0 bridgehead atoms. The van der Waals surface area contributed by atoms with Gasteiger partial charge in [0.2, 0.25) is 0 Å². The highest BCUT2D eigenvalue weighted by atomic mass is 19.4. The molecule has 3 fully saturated rings. The maximum atomic E-state index is 14.7. The molecular weight excluding hydrogens is 480 g/mol. The molecule has 3 rings (SSSR count). The van der Waals surface area contributed by atoms with Crippen LogP contribution in [0.1, 0.15) is 64.7 Å². The van der Waals surface area contributed by atoms with Crippen molar-refractivity contribution in [2.75, 3.05) is 0 Å². The van der Waals surface area contributed by atoms with E-state index < -0.39 is 92.8 Å². The van der Waals surface area contributed by atoms with E-state index in [9.17, 15) is 39.9 Å². The van der Waals surface area contributed by atoms with Gasteiger partial charge in [0.1, 0.15) is 30.5 Å². The van der Waals surface area contributed by atoms with Gasteiger partial charge >= 0.3 is 18.4 Å². The maximum Gasteiger partial charge on any atom is 0.522 e. The molecule has 0 heterocycles. The van der Waals surface area contributed by atoms with E-state index in [4.69, 9.17) is 9.47 Å². The van der Waals surface area contributed by atoms with Crippen LogP contribution in [0, 0.1) is 17.8 Å². The highest BCUT2D eigenvalue weighted by molar-refractivity contribution is 5.74. The van der Waals surface area contributed by atoms with Crippen LogP contribution in [-0.4, -0.2) is 55.3 Å². The van der Waals surface area contributed by atoms with Crippen molar-refractivity contribution in [1.82, 2.24) is 0 Å². The predicted octanol–water partition coefficient (Wildman–Crippen LogP) is 6.22. The van der Waals surface area contributed by atoms with Crippen molar-refractivity contribution in [1.29, 1.82) is 0 Å². The third-order valence-corrected chi connectivity index (χ3v) is 7.08. The summed E-state index contributed by atoms with van der Waals surface area (Å²) in [4.78, 5) is 12.3. The van der Waals surface area contributed by atoms with Crippen molar-refractivity contribution in [2.45, 2.75) is 114 Å². The van der Waals surface area contributed by atoms with Gasteiger partial charge in [0, 0.05) is 19.3 Å². The molecule has 5 unspecified atom stereocenters. The molecule has 3 saturated carbocycles. The standard InChI is InChI=1S/C22H30F8O4/c1-11-2-4-12(5-3-11)21(26,27)33-14-9-16(24)19(17(25)10-14)20(31)32-13-6-7-18(15(23)8-13)34-22(28,29)30/h11-19H,2-10H2,1H3. The van der Waals surface area contributed by atoms with E-state index in [1.807, 2.05) is 6.92 Å². The van der Waals surface area contributed by atoms with Crippen molar-refractivity contribution < 1.29 is 54.1 Å². The molecular formula is C22H30F8O4. The number of ether oxygens (including phenoxy) is 3. The van der Waals surface area contributed by atoms with E-state index in [-0.39, 0.29) is 19.3 Å². The van der Waals surface area contributed by atoms with Crippen molar-refractivity contribution in [3.63, 3.8) is 0 Å². The molecule has 3 aliphatic carbocycles. The number of carbonyl (C=O) groups excluding carboxylic acids is 1. The van der Waals surface area contributed by atoms with Crippen LogP contribution in [0.5, 0.6) is 0 Å². The normalized spacial score (nSPS) is 40.1. The van der Waals surface area contributed by atoms with E-state index in [0.717, 1.165) is 0 Å². The van der Waals surface area contributed by atoms with E-state index >= 15 is 0 Å². The molecule has 0 aromatic heterocycles. The average Bonchev–Trinajstić information content (AvgIpc) is 2.68. The van der Waals surface area contributed by atoms with Gasteiger partial charge in [-0.3, -0.25) is 9.53 Å². The Morgan fingerprint density at radius 2 is 1.29 bits per heavy atom. The molecule has 0 aliphatic heterocycles. The molecule has 0 saturated heterocycles. The van der Waals surface area contributed by atoms with Crippen LogP contribution in [0.25, 0.3) is 0 Å². The second-order valence-electron chi connectivity index (χ2n) is 9.78. The third kappa shape index (κ3) is 7.18. The molecule has 34 heavy (non-hydrogen) atoms. The monoisotopic (exact) mass is 510 g/mol. The first-order valence-corrected chi connectivity index (χ1v) is 11.7. The van der Waals surface area contributed by atoms with Gasteiger partial charge in [-0.05, 0) is 31.6 Å². The Balaban J connectivity index is 1.50. The van der Waals surface area contributed by atoms with Crippen LogP contribution in [0.2, 0.25) is 0 Å². The third-order valence-electron chi connectivity index (χ3n) is 7.08. The van der Waals surface area contributed by atoms with Crippen molar-refractivity contribution in [3.8, 4) is 0 Å². The molecule has 0 spiro atoms. The molecule has 0 amide bonds. The zero-order chi connectivity index (χ0) is 25.3. The van der Waals surface area contributed by atoms with Crippen molar-refractivity contribution >= 4 is 5.97 Å². The number of carbonyl (C=O) groups is 1. The lowest BCUT2D eigenvalue weighted by atomic mass is 9.81. The van der Waals surface area contributed by atoms with Crippen molar-refractivity contribution in [2.24, 2.45) is 17.8 Å². The summed E-state index contributed by atoms with van der Waals surface area (Å²) in [7, 11) is 0. The Hall–Kier alpha value is -1.17. The predicted molar refractivity (Wildman–Crippen MR) is 103 cm³/mol. The fraction of sp³-hybridized carbons (Fsp3) is 0.955. The highest BCUT2D eigenvalue weighted by Crippen LogP contribution is 2.43. The van der Waals surface area contributed by atoms with E-state index in [2.05, 4.69) is 4.74 Å². The Labute approximate surface area is 192 Å². The van der Waals surface area contributed by atoms with Crippen LogP contribution in [-0.2, 0) is 19.0 Å². The van der Waals surface area contributed by atoms with Gasteiger partial charge in [0.25, 0.3) is 0 Å². The van der Waals surface area contributed by atoms with Crippen LogP contribution in [0.15, 0.2) is 0 Å². The molecule has 0 N–H and O–H groups in total. The lowest BCUT2D eigenvalue weighted by molar-refractivity contribution is -0.352. The smallest absolute Gasteiger partial charge is 0.462 e. The van der Waals surface area contributed by atoms with E-state index in [1.54, 1.807) is 0 Å². The van der Waals surface area contributed by atoms with Gasteiger partial charge < -0.3 is 9.47 Å². The fourth-order valence-corrected chi connectivity index (χ4v) is 5.13. The van der Waals surface area contributed by atoms with Gasteiger partial charge in [0.05, 0.1) is 18.1 Å². The summed E-state index contributed by atoms with van der Waals surface area (Å²) in [6.07, 6.45) is -20.0. The summed E-state index contributed by atoms with van der Waals surface area (Å²) in [5.74, 6) is -3.91. The molecule has 12 heteroatoms. The van der Waals surface area contributed by atoms with Gasteiger partial charge in [-0.25, -0.2) is 13.2 Å². The Kier molecular flexibility index (Phi) is 8.74. The largest absolute Gasteiger partial charge is 0.522 e. The molecule has 5 atom stereocenters. The number of alkyl halides is 8. The zero-order valence-electron chi connectivity index (χ0n) is 18.7. The van der Waals surface area contributed by atoms with Gasteiger partial charge in [-0.15, -0.1) is 13.2 Å². The van der Waals surface area contributed by atoms with Gasteiger partial charge in [-0.2, -0.15) is 8.78 Å².